The highest BCUT2D eigenvalue weighted by Gasteiger charge is 2.81. The minimum Gasteiger partial charge on any atom is -0.460 e. The van der Waals surface area contributed by atoms with Gasteiger partial charge in [0, 0.05) is 5.92 Å². The van der Waals surface area contributed by atoms with Crippen molar-refractivity contribution in [2.45, 2.75) is 44.2 Å². The van der Waals surface area contributed by atoms with E-state index in [1.807, 2.05) is 26.8 Å². The highest BCUT2D eigenvalue weighted by atomic mass is 16.7. The van der Waals surface area contributed by atoms with Crippen molar-refractivity contribution < 1.29 is 33.3 Å². The van der Waals surface area contributed by atoms with Gasteiger partial charge in [0.1, 0.15) is 5.60 Å². The highest BCUT2D eigenvalue weighted by Crippen LogP contribution is 2.67. The first kappa shape index (κ1) is 16.1. The summed E-state index contributed by atoms with van der Waals surface area (Å²) in [5, 5.41) is 0. The predicted molar refractivity (Wildman–Crippen MR) is 86.7 cm³/mol. The lowest BCUT2D eigenvalue weighted by Crippen LogP contribution is -2.41. The molecule has 4 aliphatic rings. The number of fused-ring (bicyclic) bond motifs is 5. The van der Waals surface area contributed by atoms with Crippen LogP contribution in [0.2, 0.25) is 0 Å². The first-order chi connectivity index (χ1) is 12.3. The fraction of sp³-hybridized carbons (Fsp3) is 0.579. The van der Waals surface area contributed by atoms with Crippen LogP contribution in [0.1, 0.15) is 26.3 Å². The number of ether oxygens (including phenoxy) is 5. The van der Waals surface area contributed by atoms with Gasteiger partial charge in [-0.05, 0) is 38.5 Å². The Hall–Kier alpha value is -2.12. The van der Waals surface area contributed by atoms with E-state index in [2.05, 4.69) is 0 Å². The molecule has 0 N–H and O–H groups in total. The number of hydrogen-bond donors (Lipinski definition) is 0. The molecule has 0 amide bonds. The van der Waals surface area contributed by atoms with Crippen LogP contribution in [0.15, 0.2) is 18.2 Å². The summed E-state index contributed by atoms with van der Waals surface area (Å²) in [4.78, 5) is 26.1. The van der Waals surface area contributed by atoms with Crippen molar-refractivity contribution in [2.75, 3.05) is 13.4 Å². The molecule has 3 heterocycles. The third kappa shape index (κ3) is 2.01. The van der Waals surface area contributed by atoms with E-state index in [1.165, 1.54) is 0 Å². The molecule has 0 spiro atoms. The van der Waals surface area contributed by atoms with Gasteiger partial charge in [-0.1, -0.05) is 6.07 Å². The maximum atomic E-state index is 13.2. The van der Waals surface area contributed by atoms with Crippen molar-refractivity contribution in [3.8, 4) is 11.5 Å². The van der Waals surface area contributed by atoms with Crippen molar-refractivity contribution in [2.24, 2.45) is 11.8 Å². The number of Topliss-reactive ketones (excluding diaryl/α,β-unsaturated/α-hetero) is 1. The lowest BCUT2D eigenvalue weighted by Gasteiger charge is -2.25. The summed E-state index contributed by atoms with van der Waals surface area (Å²) in [5.74, 6) is -0.235. The lowest BCUT2D eigenvalue weighted by molar-refractivity contribution is -0.159. The van der Waals surface area contributed by atoms with Gasteiger partial charge in [0.25, 0.3) is 0 Å². The molecule has 0 unspecified atom stereocenters. The Balaban J connectivity index is 1.59. The molecule has 7 heteroatoms. The van der Waals surface area contributed by atoms with Crippen molar-refractivity contribution in [1.82, 2.24) is 0 Å². The number of benzene rings is 1. The molecule has 2 saturated heterocycles. The van der Waals surface area contributed by atoms with E-state index in [0.29, 0.717) is 18.1 Å². The van der Waals surface area contributed by atoms with Crippen molar-refractivity contribution in [1.29, 1.82) is 0 Å². The van der Waals surface area contributed by atoms with Crippen LogP contribution in [-0.4, -0.2) is 43.1 Å². The molecule has 3 aliphatic heterocycles. The smallest absolute Gasteiger partial charge is 0.311 e. The van der Waals surface area contributed by atoms with Gasteiger partial charge in [0.05, 0.1) is 24.0 Å². The van der Waals surface area contributed by atoms with Gasteiger partial charge in [-0.3, -0.25) is 9.59 Å². The molecule has 0 aromatic heterocycles. The second-order valence-electron chi connectivity index (χ2n) is 8.18. The van der Waals surface area contributed by atoms with Crippen LogP contribution in [-0.2, 0) is 29.2 Å². The Kier molecular flexibility index (Phi) is 3.08. The van der Waals surface area contributed by atoms with Crippen LogP contribution in [0, 0.1) is 11.8 Å². The molecule has 3 fully saturated rings. The van der Waals surface area contributed by atoms with E-state index in [4.69, 9.17) is 23.7 Å². The van der Waals surface area contributed by atoms with Crippen LogP contribution >= 0.6 is 0 Å². The van der Waals surface area contributed by atoms with Crippen LogP contribution in [0.3, 0.4) is 0 Å². The fourth-order valence-electron chi connectivity index (χ4n) is 4.55. The molecule has 1 aromatic carbocycles. The summed E-state index contributed by atoms with van der Waals surface area (Å²) in [6.45, 7) is 5.91. The number of rotatable bonds is 2. The molecule has 2 bridgehead atoms. The number of hydrogen-bond acceptors (Lipinski definition) is 7. The Morgan fingerprint density at radius 2 is 2.00 bits per heavy atom. The van der Waals surface area contributed by atoms with Crippen LogP contribution in [0.25, 0.3) is 0 Å². The monoisotopic (exact) mass is 360 g/mol. The first-order valence-electron chi connectivity index (χ1n) is 8.77. The largest absolute Gasteiger partial charge is 0.460 e. The summed E-state index contributed by atoms with van der Waals surface area (Å²) >= 11 is 0. The zero-order chi connectivity index (χ0) is 18.3. The Morgan fingerprint density at radius 3 is 2.77 bits per heavy atom. The molecule has 26 heavy (non-hydrogen) atoms. The molecule has 1 aliphatic carbocycles. The fourth-order valence-corrected chi connectivity index (χ4v) is 4.55. The van der Waals surface area contributed by atoms with E-state index < -0.39 is 23.2 Å². The standard InChI is InChI=1S/C19H20O7/c1-18(2,3)26-16(21)14-13-12-7-22-17(25-12)15(20)19(13,14)9-4-5-10-11(6-9)24-8-23-10/h4-6,12-14,17H,7-8H2,1-3H3/t12-,13+,14-,17-,19+/m1/s1. The molecule has 0 radical (unpaired) electrons. The summed E-state index contributed by atoms with van der Waals surface area (Å²) in [7, 11) is 0. The summed E-state index contributed by atoms with van der Waals surface area (Å²) in [5.41, 5.74) is -0.873. The van der Waals surface area contributed by atoms with Gasteiger partial charge in [0.15, 0.2) is 17.3 Å². The van der Waals surface area contributed by atoms with E-state index in [9.17, 15) is 9.59 Å². The molecule has 1 saturated carbocycles. The van der Waals surface area contributed by atoms with Crippen LogP contribution < -0.4 is 9.47 Å². The highest BCUT2D eigenvalue weighted by molar-refractivity contribution is 6.04. The summed E-state index contributed by atoms with van der Waals surface area (Å²) < 4.78 is 27.6. The van der Waals surface area contributed by atoms with Gasteiger partial charge < -0.3 is 23.7 Å². The Bertz CT molecular complexity index is 811. The molecular formula is C19H20O7. The molecular weight excluding hydrogens is 340 g/mol. The molecule has 138 valence electrons. The SMILES string of the molecule is CC(C)(C)OC(=O)[C@H]1[C@@H]2[C@H]3CO[C@H](O3)C(=O)[C@@]21c1ccc2c(c1)OCO2. The quantitative estimate of drug-likeness (QED) is 0.741. The molecule has 1 aromatic rings. The van der Waals surface area contributed by atoms with Gasteiger partial charge in [0.2, 0.25) is 13.1 Å². The third-order valence-electron chi connectivity index (χ3n) is 5.51. The predicted octanol–water partition coefficient (Wildman–Crippen LogP) is 1.56. The van der Waals surface area contributed by atoms with Crippen LogP contribution in [0.4, 0.5) is 0 Å². The average molecular weight is 360 g/mol. The minimum atomic E-state index is -0.979. The lowest BCUT2D eigenvalue weighted by atomic mass is 9.84. The second-order valence-corrected chi connectivity index (χ2v) is 8.18. The van der Waals surface area contributed by atoms with Crippen LogP contribution in [0.5, 0.6) is 11.5 Å². The third-order valence-corrected chi connectivity index (χ3v) is 5.51. The first-order valence-corrected chi connectivity index (χ1v) is 8.77. The number of esters is 1. The Morgan fingerprint density at radius 1 is 1.23 bits per heavy atom. The minimum absolute atomic E-state index is 0.149. The average Bonchev–Trinajstić information content (AvgIpc) is 2.90. The van der Waals surface area contributed by atoms with Crippen molar-refractivity contribution in [3.05, 3.63) is 23.8 Å². The second kappa shape index (κ2) is 4.98. The van der Waals surface area contributed by atoms with E-state index >= 15 is 0 Å². The normalized spacial score (nSPS) is 36.7. The number of carbonyl (C=O) groups excluding carboxylic acids is 2. The summed E-state index contributed by atoms with van der Waals surface area (Å²) in [6, 6.07) is 5.40. The zero-order valence-corrected chi connectivity index (χ0v) is 14.8. The molecule has 5 atom stereocenters. The van der Waals surface area contributed by atoms with Crippen molar-refractivity contribution in [3.63, 3.8) is 0 Å². The molecule has 5 rings (SSSR count). The Labute approximate surface area is 150 Å². The van der Waals surface area contributed by atoms with Crippen molar-refractivity contribution >= 4 is 11.8 Å². The van der Waals surface area contributed by atoms with E-state index in [-0.39, 0.29) is 30.6 Å². The number of carbonyl (C=O) groups is 2. The van der Waals surface area contributed by atoms with Gasteiger partial charge in [-0.25, -0.2) is 0 Å². The van der Waals surface area contributed by atoms with E-state index in [1.54, 1.807) is 12.1 Å². The van der Waals surface area contributed by atoms with Gasteiger partial charge in [-0.15, -0.1) is 0 Å². The van der Waals surface area contributed by atoms with E-state index in [0.717, 1.165) is 5.56 Å². The van der Waals surface area contributed by atoms with Gasteiger partial charge >= 0.3 is 5.97 Å². The topological polar surface area (TPSA) is 80.3 Å². The van der Waals surface area contributed by atoms with Gasteiger partial charge in [-0.2, -0.15) is 0 Å². The summed E-state index contributed by atoms with van der Waals surface area (Å²) in [6.07, 6.45) is -1.21. The zero-order valence-electron chi connectivity index (χ0n) is 14.8. The molecule has 7 nitrogen and oxygen atoms in total. The maximum absolute atomic E-state index is 13.2. The maximum Gasteiger partial charge on any atom is 0.311 e. The number of ketones is 1.